The van der Waals surface area contributed by atoms with Crippen molar-refractivity contribution in [2.24, 2.45) is 0 Å². The van der Waals surface area contributed by atoms with Crippen LogP contribution in [0.2, 0.25) is 0 Å². The number of benzene rings is 3. The Labute approximate surface area is 300 Å². The fraction of sp³-hybridized carbons (Fsp3) is 0.385. The third-order valence-corrected chi connectivity index (χ3v) is 8.58. The van der Waals surface area contributed by atoms with Crippen LogP contribution in [-0.4, -0.2) is 83.0 Å². The molecule has 272 valence electrons. The second-order valence-electron chi connectivity index (χ2n) is 12.5. The molecule has 0 bridgehead atoms. The number of aromatic nitrogens is 1. The Hall–Kier alpha value is -5.04. The van der Waals surface area contributed by atoms with Crippen LogP contribution < -0.4 is 16.1 Å². The maximum absolute atomic E-state index is 14.9. The first kappa shape index (κ1) is 38.8. The first-order valence-electron chi connectivity index (χ1n) is 17.2. The number of aryl methyl sites for hydroxylation is 2. The number of nitrogens with one attached hydrogen (secondary N) is 3. The molecule has 0 fully saturated rings. The Morgan fingerprint density at radius 3 is 2.25 bits per heavy atom. The smallest absolute Gasteiger partial charge is 0.329 e. The molecular formula is C39H50N6O6. The number of hydrogen-bond donors (Lipinski definition) is 4. The summed E-state index contributed by atoms with van der Waals surface area (Å²) in [6, 6.07) is 20.4. The van der Waals surface area contributed by atoms with Crippen molar-refractivity contribution in [3.8, 4) is 5.75 Å². The molecule has 2 unspecified atom stereocenters. The van der Waals surface area contributed by atoms with Gasteiger partial charge in [0.1, 0.15) is 11.8 Å². The highest BCUT2D eigenvalue weighted by molar-refractivity contribution is 5.89. The number of hydrogen-bond acceptors (Lipinski definition) is 8. The first-order valence-corrected chi connectivity index (χ1v) is 17.2. The number of phenolic OH excluding ortho intramolecular Hbond substituents is 1. The largest absolute Gasteiger partial charge is 0.508 e. The Bertz CT molecular complexity index is 1740. The van der Waals surface area contributed by atoms with E-state index in [1.165, 1.54) is 5.01 Å². The lowest BCUT2D eigenvalue weighted by molar-refractivity contribution is -0.179. The van der Waals surface area contributed by atoms with E-state index in [1.807, 2.05) is 95.3 Å². The highest BCUT2D eigenvalue weighted by Gasteiger charge is 2.35. The molecule has 0 saturated heterocycles. The zero-order valence-corrected chi connectivity index (χ0v) is 30.3. The number of likely N-dealkylation sites (N-methyl/N-ethyl adjacent to an activating group) is 1. The van der Waals surface area contributed by atoms with E-state index in [1.54, 1.807) is 30.3 Å². The maximum Gasteiger partial charge on any atom is 0.329 e. The van der Waals surface area contributed by atoms with Crippen molar-refractivity contribution in [3.63, 3.8) is 0 Å². The quantitative estimate of drug-likeness (QED) is 0.0914. The molecule has 0 radical (unpaired) electrons. The van der Waals surface area contributed by atoms with Gasteiger partial charge in [-0.1, -0.05) is 54.6 Å². The predicted molar refractivity (Wildman–Crippen MR) is 196 cm³/mol. The molecule has 0 aliphatic heterocycles. The van der Waals surface area contributed by atoms with Crippen LogP contribution in [-0.2, 0) is 38.6 Å². The van der Waals surface area contributed by atoms with Gasteiger partial charge in [-0.2, -0.15) is 0 Å². The minimum absolute atomic E-state index is 0.119. The number of fused-ring (bicyclic) bond motifs is 1. The molecule has 0 spiro atoms. The minimum atomic E-state index is -1.02. The molecule has 4 rings (SSSR count). The van der Waals surface area contributed by atoms with Crippen molar-refractivity contribution in [1.82, 2.24) is 31.0 Å². The van der Waals surface area contributed by atoms with Crippen molar-refractivity contribution < 1.29 is 29.0 Å². The highest BCUT2D eigenvalue weighted by atomic mass is 16.7. The molecule has 0 saturated carbocycles. The topological polar surface area (TPSA) is 145 Å². The number of carbonyl (C=O) groups is 3. The van der Waals surface area contributed by atoms with Crippen LogP contribution >= 0.6 is 0 Å². The van der Waals surface area contributed by atoms with Crippen LogP contribution in [0.25, 0.3) is 10.9 Å². The Morgan fingerprint density at radius 2 is 1.59 bits per heavy atom. The van der Waals surface area contributed by atoms with E-state index in [9.17, 15) is 19.5 Å². The van der Waals surface area contributed by atoms with E-state index in [0.717, 1.165) is 38.7 Å². The summed E-state index contributed by atoms with van der Waals surface area (Å²) in [6.07, 6.45) is 1.14. The molecule has 0 aliphatic rings. The third-order valence-electron chi connectivity index (χ3n) is 8.58. The van der Waals surface area contributed by atoms with Crippen molar-refractivity contribution in [2.45, 2.75) is 72.5 Å². The van der Waals surface area contributed by atoms with Gasteiger partial charge in [0, 0.05) is 51.4 Å². The second-order valence-corrected chi connectivity index (χ2v) is 12.5. The molecule has 4 amide bonds. The fourth-order valence-corrected chi connectivity index (χ4v) is 6.09. The lowest BCUT2D eigenvalue weighted by Gasteiger charge is -2.37. The standard InChI is InChI=1S/C39H50N6O6/c1-7-50-38(51-8-2)28(5)45(24-31-17-12-16-30-18-13-19-40-36(30)31)37(48)34(22-33-26(3)20-32(46)21-27(33)4)42-35(47)25-44(6)43-39(49)41-23-29-14-10-9-11-15-29/h9-21,28,34,38,46H,7-8,22-25H2,1-6H3,(H,42,47)(H2,41,43,49). The number of ether oxygens (including phenoxy) is 2. The Balaban J connectivity index is 1.62. The molecule has 51 heavy (non-hydrogen) atoms. The molecule has 2 atom stereocenters. The van der Waals surface area contributed by atoms with Crippen LogP contribution in [0, 0.1) is 13.8 Å². The van der Waals surface area contributed by atoms with Gasteiger partial charge in [0.05, 0.1) is 18.1 Å². The molecule has 1 heterocycles. The lowest BCUT2D eigenvalue weighted by Crippen LogP contribution is -2.57. The number of phenols is 1. The van der Waals surface area contributed by atoms with E-state index < -0.39 is 30.3 Å². The van der Waals surface area contributed by atoms with Gasteiger partial charge in [-0.25, -0.2) is 9.80 Å². The fourth-order valence-electron chi connectivity index (χ4n) is 6.09. The minimum Gasteiger partial charge on any atom is -0.508 e. The van der Waals surface area contributed by atoms with E-state index >= 15 is 0 Å². The van der Waals surface area contributed by atoms with E-state index in [-0.39, 0.29) is 31.2 Å². The molecule has 3 aromatic carbocycles. The summed E-state index contributed by atoms with van der Waals surface area (Å²) in [7, 11) is 1.57. The van der Waals surface area contributed by atoms with Gasteiger partial charge in [-0.05, 0) is 80.6 Å². The van der Waals surface area contributed by atoms with E-state index in [2.05, 4.69) is 21.0 Å². The van der Waals surface area contributed by atoms with Gasteiger partial charge in [0.15, 0.2) is 6.29 Å². The highest BCUT2D eigenvalue weighted by Crippen LogP contribution is 2.25. The number of carbonyl (C=O) groups excluding carboxylic acids is 3. The summed E-state index contributed by atoms with van der Waals surface area (Å²) in [5.74, 6) is -0.705. The average Bonchev–Trinajstić information content (AvgIpc) is 3.10. The van der Waals surface area contributed by atoms with Crippen molar-refractivity contribution in [1.29, 1.82) is 0 Å². The lowest BCUT2D eigenvalue weighted by atomic mass is 9.94. The SMILES string of the molecule is CCOC(OCC)C(C)N(Cc1cccc2cccnc12)C(=O)C(Cc1c(C)cc(O)cc1C)NC(=O)CN(C)NC(=O)NCc1ccccc1. The summed E-state index contributed by atoms with van der Waals surface area (Å²) >= 11 is 0. The summed E-state index contributed by atoms with van der Waals surface area (Å²) in [6.45, 7) is 10.3. The van der Waals surface area contributed by atoms with Gasteiger partial charge >= 0.3 is 6.03 Å². The van der Waals surface area contributed by atoms with Gasteiger partial charge in [-0.3, -0.25) is 20.0 Å². The predicted octanol–water partition coefficient (Wildman–Crippen LogP) is 4.75. The average molecular weight is 699 g/mol. The second kappa shape index (κ2) is 18.8. The van der Waals surface area contributed by atoms with Crippen LogP contribution in [0.3, 0.4) is 0 Å². The van der Waals surface area contributed by atoms with Crippen molar-refractivity contribution in [2.75, 3.05) is 26.8 Å². The third kappa shape index (κ3) is 11.0. The van der Waals surface area contributed by atoms with Crippen molar-refractivity contribution in [3.05, 3.63) is 107 Å². The van der Waals surface area contributed by atoms with Gasteiger partial charge in [0.2, 0.25) is 11.8 Å². The molecule has 1 aromatic heterocycles. The number of para-hydroxylation sites is 1. The van der Waals surface area contributed by atoms with Crippen LogP contribution in [0.4, 0.5) is 4.79 Å². The molecule has 12 nitrogen and oxygen atoms in total. The Morgan fingerprint density at radius 1 is 0.922 bits per heavy atom. The maximum atomic E-state index is 14.9. The molecule has 12 heteroatoms. The molecule has 0 aliphatic carbocycles. The van der Waals surface area contributed by atoms with E-state index in [0.29, 0.717) is 19.8 Å². The summed E-state index contributed by atoms with van der Waals surface area (Å²) < 4.78 is 11.9. The summed E-state index contributed by atoms with van der Waals surface area (Å²) in [4.78, 5) is 47.4. The molecule has 4 aromatic rings. The van der Waals surface area contributed by atoms with Crippen molar-refractivity contribution >= 4 is 28.7 Å². The summed E-state index contributed by atoms with van der Waals surface area (Å²) in [5.41, 5.74) is 7.57. The van der Waals surface area contributed by atoms with Crippen LogP contribution in [0.5, 0.6) is 5.75 Å². The van der Waals surface area contributed by atoms with E-state index in [4.69, 9.17) is 9.47 Å². The molecule has 4 N–H and O–H groups in total. The number of pyridine rings is 1. The van der Waals surface area contributed by atoms with Gasteiger partial charge < -0.3 is 30.1 Å². The van der Waals surface area contributed by atoms with Gasteiger partial charge in [-0.15, -0.1) is 0 Å². The normalized spacial score (nSPS) is 12.5. The number of aromatic hydroxyl groups is 1. The number of nitrogens with zero attached hydrogens (tertiary/aromatic N) is 3. The monoisotopic (exact) mass is 698 g/mol. The zero-order chi connectivity index (χ0) is 36.9. The molecular weight excluding hydrogens is 648 g/mol. The summed E-state index contributed by atoms with van der Waals surface area (Å²) in [5, 5.41) is 18.3. The number of hydrazine groups is 1. The number of urea groups is 1. The number of amides is 4. The van der Waals surface area contributed by atoms with Crippen LogP contribution in [0.15, 0.2) is 79.0 Å². The number of rotatable bonds is 17. The van der Waals surface area contributed by atoms with Gasteiger partial charge in [0.25, 0.3) is 0 Å². The first-order chi connectivity index (χ1) is 24.5. The van der Waals surface area contributed by atoms with Crippen LogP contribution in [0.1, 0.15) is 48.6 Å². The Kier molecular flexibility index (Phi) is 14.3. The zero-order valence-electron chi connectivity index (χ0n) is 30.3.